The molecule has 0 saturated carbocycles. The molecule has 5 rings (SSSR count). The number of phenols is 1. The lowest BCUT2D eigenvalue weighted by molar-refractivity contribution is -0.385. The molecule has 0 amide bonds. The zero-order valence-electron chi connectivity index (χ0n) is 23.2. The number of aromatic hydroxyl groups is 1. The monoisotopic (exact) mass is 546 g/mol. The van der Waals surface area contributed by atoms with Crippen LogP contribution in [-0.2, 0) is 26.2 Å². The number of hydrogen-bond donors (Lipinski definition) is 1. The van der Waals surface area contributed by atoms with Crippen LogP contribution in [0.2, 0.25) is 0 Å². The van der Waals surface area contributed by atoms with Gasteiger partial charge in [-0.1, -0.05) is 110 Å². The van der Waals surface area contributed by atoms with E-state index >= 15 is 0 Å². The Morgan fingerprint density at radius 1 is 0.805 bits per heavy atom. The summed E-state index contributed by atoms with van der Waals surface area (Å²) in [4.78, 5) is 18.3. The van der Waals surface area contributed by atoms with Crippen molar-refractivity contribution in [1.29, 1.82) is 0 Å². The van der Waals surface area contributed by atoms with Gasteiger partial charge in [-0.25, -0.2) is 4.98 Å². The molecule has 0 bridgehead atoms. The van der Waals surface area contributed by atoms with Gasteiger partial charge in [0.1, 0.15) is 5.82 Å². The molecule has 0 saturated heterocycles. The van der Waals surface area contributed by atoms with Gasteiger partial charge in [0.2, 0.25) is 0 Å². The first-order chi connectivity index (χ1) is 20.0. The fourth-order valence-corrected chi connectivity index (χ4v) is 5.14. The molecule has 41 heavy (non-hydrogen) atoms. The highest BCUT2D eigenvalue weighted by molar-refractivity contribution is 5.68. The third kappa shape index (κ3) is 6.70. The van der Waals surface area contributed by atoms with Crippen molar-refractivity contribution in [3.05, 3.63) is 136 Å². The zero-order valence-corrected chi connectivity index (χ0v) is 23.2. The molecule has 4 aromatic carbocycles. The summed E-state index contributed by atoms with van der Waals surface area (Å²) < 4.78 is 2.35. The quantitative estimate of drug-likeness (QED) is 0.127. The Hall–Kier alpha value is -4.75. The molecule has 5 aromatic rings. The number of imidazole rings is 1. The molecule has 0 aliphatic heterocycles. The Morgan fingerprint density at radius 3 is 2.02 bits per heavy atom. The lowest BCUT2D eigenvalue weighted by atomic mass is 10.1. The highest BCUT2D eigenvalue weighted by Crippen LogP contribution is 2.32. The van der Waals surface area contributed by atoms with Gasteiger partial charge in [0.05, 0.1) is 16.3 Å². The van der Waals surface area contributed by atoms with E-state index in [1.54, 1.807) is 6.07 Å². The number of nitro benzene ring substituents is 1. The molecule has 0 atom stereocenters. The van der Waals surface area contributed by atoms with Crippen LogP contribution in [-0.4, -0.2) is 24.5 Å². The minimum Gasteiger partial charge on any atom is -0.502 e. The Kier molecular flexibility index (Phi) is 8.86. The third-order valence-corrected chi connectivity index (χ3v) is 7.15. The second-order valence-electron chi connectivity index (χ2n) is 10.2. The van der Waals surface area contributed by atoms with E-state index in [1.165, 1.54) is 12.1 Å². The molecule has 7 heteroatoms. The summed E-state index contributed by atoms with van der Waals surface area (Å²) in [7, 11) is 0. The molecule has 0 fully saturated rings. The van der Waals surface area contributed by atoms with Crippen LogP contribution in [0.25, 0.3) is 22.6 Å². The van der Waals surface area contributed by atoms with E-state index in [4.69, 9.17) is 4.98 Å². The van der Waals surface area contributed by atoms with E-state index in [2.05, 4.69) is 52.8 Å². The molecular weight excluding hydrogens is 512 g/mol. The second kappa shape index (κ2) is 13.1. The number of hydrogen-bond acceptors (Lipinski definition) is 5. The molecule has 208 valence electrons. The van der Waals surface area contributed by atoms with Crippen LogP contribution in [0.5, 0.6) is 5.75 Å². The first-order valence-electron chi connectivity index (χ1n) is 14.0. The fourth-order valence-electron chi connectivity index (χ4n) is 5.14. The summed E-state index contributed by atoms with van der Waals surface area (Å²) >= 11 is 0. The number of phenolic OH excluding ortho intramolecular Hbond substituents is 1. The average Bonchev–Trinajstić information content (AvgIpc) is 3.35. The summed E-state index contributed by atoms with van der Waals surface area (Å²) in [6.45, 7) is 4.79. The SMILES string of the molecule is CCCCn1c(-c2ccccc2)nc(-c2ccccc2)c1CN(Cc1ccccc1)Cc1ccc([N+](=O)[O-])c(O)c1. The number of nitrogens with zero attached hydrogens (tertiary/aromatic N) is 4. The molecule has 0 aliphatic carbocycles. The smallest absolute Gasteiger partial charge is 0.310 e. The maximum absolute atomic E-state index is 11.3. The van der Waals surface area contributed by atoms with E-state index in [-0.39, 0.29) is 11.4 Å². The van der Waals surface area contributed by atoms with Crippen LogP contribution in [0.1, 0.15) is 36.6 Å². The highest BCUT2D eigenvalue weighted by atomic mass is 16.6. The highest BCUT2D eigenvalue weighted by Gasteiger charge is 2.23. The predicted molar refractivity (Wildman–Crippen MR) is 162 cm³/mol. The van der Waals surface area contributed by atoms with Crippen LogP contribution in [0.3, 0.4) is 0 Å². The number of benzene rings is 4. The molecule has 0 radical (unpaired) electrons. The maximum atomic E-state index is 11.3. The third-order valence-electron chi connectivity index (χ3n) is 7.15. The van der Waals surface area contributed by atoms with Crippen molar-refractivity contribution in [2.45, 2.75) is 45.9 Å². The van der Waals surface area contributed by atoms with Crippen molar-refractivity contribution in [3.63, 3.8) is 0 Å². The van der Waals surface area contributed by atoms with E-state index in [1.807, 2.05) is 54.6 Å². The molecule has 1 N–H and O–H groups in total. The van der Waals surface area contributed by atoms with Crippen molar-refractivity contribution in [3.8, 4) is 28.4 Å². The molecular formula is C34H34N4O3. The van der Waals surface area contributed by atoms with Crippen molar-refractivity contribution >= 4 is 5.69 Å². The maximum Gasteiger partial charge on any atom is 0.310 e. The second-order valence-corrected chi connectivity index (χ2v) is 10.2. The predicted octanol–water partition coefficient (Wildman–Crippen LogP) is 7.83. The van der Waals surface area contributed by atoms with Gasteiger partial charge in [0.15, 0.2) is 5.75 Å². The van der Waals surface area contributed by atoms with Gasteiger partial charge in [-0.15, -0.1) is 0 Å². The minimum atomic E-state index is -0.565. The average molecular weight is 547 g/mol. The Balaban J connectivity index is 1.60. The Labute approximate surface area is 240 Å². The number of nitro groups is 1. The largest absolute Gasteiger partial charge is 0.502 e. The normalized spacial score (nSPS) is 11.2. The zero-order chi connectivity index (χ0) is 28.6. The summed E-state index contributed by atoms with van der Waals surface area (Å²) in [5.41, 5.74) is 5.86. The van der Waals surface area contributed by atoms with Gasteiger partial charge in [-0.05, 0) is 23.6 Å². The summed E-state index contributed by atoms with van der Waals surface area (Å²) in [5, 5.41) is 21.6. The standard InChI is InChI=1S/C34H34N4O3/c1-2-3-21-37-31(33(28-15-9-5-10-16-28)35-34(37)29-17-11-6-12-18-29)25-36(23-26-13-7-4-8-14-26)24-27-19-20-30(38(40)41)32(39)22-27/h4-20,22,39H,2-3,21,23-25H2,1H3. The number of rotatable bonds is 12. The topological polar surface area (TPSA) is 84.4 Å². The first kappa shape index (κ1) is 27.8. The lowest BCUT2D eigenvalue weighted by Gasteiger charge is -2.24. The lowest BCUT2D eigenvalue weighted by Crippen LogP contribution is -2.24. The summed E-state index contributed by atoms with van der Waals surface area (Å²) in [6, 6.07) is 35.4. The van der Waals surface area contributed by atoms with Crippen LogP contribution in [0, 0.1) is 10.1 Å². The van der Waals surface area contributed by atoms with Gasteiger partial charge in [0, 0.05) is 43.4 Å². The molecule has 0 spiro atoms. The van der Waals surface area contributed by atoms with Gasteiger partial charge in [-0.3, -0.25) is 15.0 Å². The number of aromatic nitrogens is 2. The summed E-state index contributed by atoms with van der Waals surface area (Å²) in [6.07, 6.45) is 2.08. The molecule has 0 unspecified atom stereocenters. The van der Waals surface area contributed by atoms with E-state index in [9.17, 15) is 15.2 Å². The Morgan fingerprint density at radius 2 is 1.41 bits per heavy atom. The van der Waals surface area contributed by atoms with Gasteiger partial charge >= 0.3 is 5.69 Å². The van der Waals surface area contributed by atoms with Gasteiger partial charge in [-0.2, -0.15) is 0 Å². The van der Waals surface area contributed by atoms with Gasteiger partial charge in [0.25, 0.3) is 0 Å². The molecule has 1 heterocycles. The van der Waals surface area contributed by atoms with Crippen molar-refractivity contribution in [2.24, 2.45) is 0 Å². The van der Waals surface area contributed by atoms with Gasteiger partial charge < -0.3 is 9.67 Å². The van der Waals surface area contributed by atoms with E-state index in [0.717, 1.165) is 58.9 Å². The Bertz CT molecular complexity index is 1590. The van der Waals surface area contributed by atoms with Crippen LogP contribution in [0.4, 0.5) is 5.69 Å². The summed E-state index contributed by atoms with van der Waals surface area (Å²) in [5.74, 6) is 0.622. The van der Waals surface area contributed by atoms with Crippen molar-refractivity contribution in [1.82, 2.24) is 14.5 Å². The number of unbranched alkanes of at least 4 members (excludes halogenated alkanes) is 1. The first-order valence-corrected chi connectivity index (χ1v) is 14.0. The van der Waals surface area contributed by atoms with Crippen LogP contribution in [0.15, 0.2) is 109 Å². The van der Waals surface area contributed by atoms with E-state index in [0.29, 0.717) is 19.6 Å². The van der Waals surface area contributed by atoms with Crippen molar-refractivity contribution < 1.29 is 10.0 Å². The van der Waals surface area contributed by atoms with Crippen LogP contribution < -0.4 is 0 Å². The minimum absolute atomic E-state index is 0.292. The molecule has 0 aliphatic rings. The van der Waals surface area contributed by atoms with E-state index < -0.39 is 4.92 Å². The molecule has 1 aromatic heterocycles. The fraction of sp³-hybridized carbons (Fsp3) is 0.206. The van der Waals surface area contributed by atoms with Crippen molar-refractivity contribution in [2.75, 3.05) is 0 Å². The van der Waals surface area contributed by atoms with Crippen LogP contribution >= 0.6 is 0 Å². The molecule has 7 nitrogen and oxygen atoms in total.